The second-order valence-corrected chi connectivity index (χ2v) is 6.54. The van der Waals surface area contributed by atoms with Gasteiger partial charge in [-0.1, -0.05) is 30.3 Å². The van der Waals surface area contributed by atoms with E-state index in [2.05, 4.69) is 10.3 Å². The SMILES string of the molecule is CN(C)S(=O)(=O)n1ccnc1CNCc1ccccc1. The molecule has 2 rings (SSSR count). The lowest BCUT2D eigenvalue weighted by Gasteiger charge is -2.14. The van der Waals surface area contributed by atoms with Gasteiger partial charge in [-0.25, -0.2) is 8.96 Å². The molecule has 1 heterocycles. The first-order chi connectivity index (χ1) is 9.51. The highest BCUT2D eigenvalue weighted by molar-refractivity contribution is 7.87. The number of hydrogen-bond acceptors (Lipinski definition) is 4. The first kappa shape index (κ1) is 14.7. The van der Waals surface area contributed by atoms with Crippen LogP contribution in [0.3, 0.4) is 0 Å². The molecule has 0 radical (unpaired) electrons. The minimum atomic E-state index is -3.51. The highest BCUT2D eigenvalue weighted by Crippen LogP contribution is 2.06. The van der Waals surface area contributed by atoms with E-state index in [4.69, 9.17) is 0 Å². The Morgan fingerprint density at radius 1 is 1.20 bits per heavy atom. The monoisotopic (exact) mass is 294 g/mol. The lowest BCUT2D eigenvalue weighted by Crippen LogP contribution is -2.30. The summed E-state index contributed by atoms with van der Waals surface area (Å²) in [5.74, 6) is 0.467. The molecule has 0 aliphatic rings. The fourth-order valence-corrected chi connectivity index (χ4v) is 2.69. The zero-order chi connectivity index (χ0) is 14.6. The van der Waals surface area contributed by atoms with Crippen LogP contribution in [0.25, 0.3) is 0 Å². The molecule has 1 N–H and O–H groups in total. The van der Waals surface area contributed by atoms with Crippen molar-refractivity contribution in [2.75, 3.05) is 14.1 Å². The number of hydrogen-bond donors (Lipinski definition) is 1. The number of nitrogens with zero attached hydrogens (tertiary/aromatic N) is 3. The van der Waals surface area contributed by atoms with Crippen molar-refractivity contribution in [1.29, 1.82) is 0 Å². The van der Waals surface area contributed by atoms with Crippen LogP contribution >= 0.6 is 0 Å². The summed E-state index contributed by atoms with van der Waals surface area (Å²) in [7, 11) is -0.519. The van der Waals surface area contributed by atoms with E-state index >= 15 is 0 Å². The summed E-state index contributed by atoms with van der Waals surface area (Å²) in [5.41, 5.74) is 1.14. The van der Waals surface area contributed by atoms with Gasteiger partial charge >= 0.3 is 10.2 Å². The van der Waals surface area contributed by atoms with Crippen molar-refractivity contribution in [3.05, 3.63) is 54.1 Å². The second-order valence-electron chi connectivity index (χ2n) is 4.52. The van der Waals surface area contributed by atoms with E-state index in [9.17, 15) is 8.42 Å². The van der Waals surface area contributed by atoms with Gasteiger partial charge < -0.3 is 5.32 Å². The highest BCUT2D eigenvalue weighted by atomic mass is 32.2. The Bertz CT molecular complexity index is 650. The van der Waals surface area contributed by atoms with E-state index in [-0.39, 0.29) is 0 Å². The molecule has 20 heavy (non-hydrogen) atoms. The minimum absolute atomic E-state index is 0.384. The molecule has 0 bridgehead atoms. The molecule has 1 aromatic heterocycles. The van der Waals surface area contributed by atoms with E-state index < -0.39 is 10.2 Å². The fraction of sp³-hybridized carbons (Fsp3) is 0.308. The molecule has 1 aromatic carbocycles. The van der Waals surface area contributed by atoms with Crippen molar-refractivity contribution < 1.29 is 8.42 Å². The molecule has 108 valence electrons. The summed E-state index contributed by atoms with van der Waals surface area (Å²) in [5, 5.41) is 3.19. The van der Waals surface area contributed by atoms with Crippen LogP contribution < -0.4 is 5.32 Å². The topological polar surface area (TPSA) is 67.2 Å². The predicted molar refractivity (Wildman–Crippen MR) is 77.2 cm³/mol. The van der Waals surface area contributed by atoms with Gasteiger partial charge in [0.1, 0.15) is 5.82 Å². The molecule has 0 saturated carbocycles. The van der Waals surface area contributed by atoms with E-state index in [0.29, 0.717) is 18.9 Å². The molecule has 0 atom stereocenters. The van der Waals surface area contributed by atoms with Crippen LogP contribution in [-0.4, -0.2) is 35.8 Å². The third-order valence-electron chi connectivity index (χ3n) is 2.85. The zero-order valence-electron chi connectivity index (χ0n) is 11.5. The van der Waals surface area contributed by atoms with E-state index in [1.54, 1.807) is 0 Å². The molecular weight excluding hydrogens is 276 g/mol. The third kappa shape index (κ3) is 3.24. The van der Waals surface area contributed by atoms with Crippen molar-refractivity contribution >= 4 is 10.2 Å². The van der Waals surface area contributed by atoms with Gasteiger partial charge in [0.15, 0.2) is 0 Å². The smallest absolute Gasteiger partial charge is 0.306 e. The Balaban J connectivity index is 2.03. The molecular formula is C13H18N4O2S. The molecule has 0 spiro atoms. The lowest BCUT2D eigenvalue weighted by atomic mass is 10.2. The minimum Gasteiger partial charge on any atom is -0.306 e. The Labute approximate surface area is 119 Å². The predicted octanol–water partition coefficient (Wildman–Crippen LogP) is 0.827. The van der Waals surface area contributed by atoms with Gasteiger partial charge in [0.05, 0.1) is 6.54 Å². The van der Waals surface area contributed by atoms with Gasteiger partial charge in [0.2, 0.25) is 0 Å². The number of aromatic nitrogens is 2. The molecule has 0 aliphatic heterocycles. The van der Waals surface area contributed by atoms with Crippen LogP contribution in [0.2, 0.25) is 0 Å². The van der Waals surface area contributed by atoms with Crippen LogP contribution in [0, 0.1) is 0 Å². The summed E-state index contributed by atoms with van der Waals surface area (Å²) >= 11 is 0. The Morgan fingerprint density at radius 2 is 1.90 bits per heavy atom. The van der Waals surface area contributed by atoms with Crippen LogP contribution in [0.15, 0.2) is 42.7 Å². The summed E-state index contributed by atoms with van der Waals surface area (Å²) in [6.07, 6.45) is 2.94. The van der Waals surface area contributed by atoms with E-state index in [0.717, 1.165) is 9.87 Å². The van der Waals surface area contributed by atoms with Crippen molar-refractivity contribution in [2.45, 2.75) is 13.1 Å². The lowest BCUT2D eigenvalue weighted by molar-refractivity contribution is 0.506. The maximum absolute atomic E-state index is 12.1. The van der Waals surface area contributed by atoms with Crippen LogP contribution in [-0.2, 0) is 23.3 Å². The molecule has 0 aliphatic carbocycles. The molecule has 0 unspecified atom stereocenters. The Hall–Kier alpha value is -1.70. The van der Waals surface area contributed by atoms with Crippen molar-refractivity contribution in [3.63, 3.8) is 0 Å². The van der Waals surface area contributed by atoms with Gasteiger partial charge in [0, 0.05) is 33.0 Å². The van der Waals surface area contributed by atoms with Gasteiger partial charge in [-0.3, -0.25) is 0 Å². The first-order valence-corrected chi connectivity index (χ1v) is 7.61. The maximum atomic E-state index is 12.1. The molecule has 0 fully saturated rings. The van der Waals surface area contributed by atoms with Crippen LogP contribution in [0.5, 0.6) is 0 Å². The normalized spacial score (nSPS) is 11.9. The van der Waals surface area contributed by atoms with E-state index in [1.165, 1.54) is 30.5 Å². The highest BCUT2D eigenvalue weighted by Gasteiger charge is 2.19. The van der Waals surface area contributed by atoms with Crippen LogP contribution in [0.1, 0.15) is 11.4 Å². The summed E-state index contributed by atoms with van der Waals surface area (Å²) in [4.78, 5) is 4.09. The van der Waals surface area contributed by atoms with Gasteiger partial charge in [0.25, 0.3) is 0 Å². The fourth-order valence-electron chi connectivity index (χ4n) is 1.75. The maximum Gasteiger partial charge on any atom is 0.308 e. The molecule has 0 saturated heterocycles. The zero-order valence-corrected chi connectivity index (χ0v) is 12.3. The van der Waals surface area contributed by atoms with Crippen molar-refractivity contribution in [1.82, 2.24) is 18.6 Å². The number of rotatable bonds is 6. The summed E-state index contributed by atoms with van der Waals surface area (Å²) < 4.78 is 26.5. The Morgan fingerprint density at radius 3 is 2.55 bits per heavy atom. The summed E-state index contributed by atoms with van der Waals surface area (Å²) in [6.45, 7) is 1.05. The molecule has 0 amide bonds. The van der Waals surface area contributed by atoms with Crippen molar-refractivity contribution in [2.24, 2.45) is 0 Å². The average molecular weight is 294 g/mol. The number of imidazole rings is 1. The number of nitrogens with one attached hydrogen (secondary N) is 1. The molecule has 7 heteroatoms. The average Bonchev–Trinajstić information content (AvgIpc) is 2.89. The van der Waals surface area contributed by atoms with Crippen LogP contribution in [0.4, 0.5) is 0 Å². The quantitative estimate of drug-likeness (QED) is 0.857. The van der Waals surface area contributed by atoms with Gasteiger partial charge in [-0.2, -0.15) is 12.7 Å². The van der Waals surface area contributed by atoms with Crippen molar-refractivity contribution in [3.8, 4) is 0 Å². The Kier molecular flexibility index (Phi) is 4.53. The van der Waals surface area contributed by atoms with Gasteiger partial charge in [-0.05, 0) is 5.56 Å². The second kappa shape index (κ2) is 6.17. The largest absolute Gasteiger partial charge is 0.308 e. The number of benzene rings is 1. The standard InChI is InChI=1S/C13H18N4O2S/c1-16(2)20(18,19)17-9-8-15-13(17)11-14-10-12-6-4-3-5-7-12/h3-9,14H,10-11H2,1-2H3. The van der Waals surface area contributed by atoms with Gasteiger partial charge in [-0.15, -0.1) is 0 Å². The molecule has 2 aromatic rings. The van der Waals surface area contributed by atoms with E-state index in [1.807, 2.05) is 30.3 Å². The third-order valence-corrected chi connectivity index (χ3v) is 4.60. The first-order valence-electron chi connectivity index (χ1n) is 6.21. The molecule has 6 nitrogen and oxygen atoms in total. The summed E-state index contributed by atoms with van der Waals surface area (Å²) in [6, 6.07) is 9.91.